The molecule has 0 amide bonds. The predicted molar refractivity (Wildman–Crippen MR) is 105 cm³/mol. The standard InChI is InChI=1S/C22H22N2O6/c23-8-7-13-1-3-14(4-2-13)9-15-5-6-16-12-29-22(17(16)10-15)21(24-28)20(27)19(26)18(11-25)30-22/h1-6,10,18-21,25-27H,7,9,11-12H2/t18?,19?,20?,21?,22-/m1/s1. The molecular formula is C22H22N2O6. The van der Waals surface area contributed by atoms with E-state index in [9.17, 15) is 20.2 Å². The van der Waals surface area contributed by atoms with Crippen LogP contribution in [-0.2, 0) is 34.7 Å². The largest absolute Gasteiger partial charge is 0.394 e. The lowest BCUT2D eigenvalue weighted by Gasteiger charge is -2.45. The van der Waals surface area contributed by atoms with Crippen LogP contribution in [0.1, 0.15) is 27.8 Å². The number of nitroso groups, excluding NO2 is 1. The van der Waals surface area contributed by atoms with Gasteiger partial charge in [0.05, 0.1) is 25.7 Å². The van der Waals surface area contributed by atoms with Crippen molar-refractivity contribution in [1.82, 2.24) is 0 Å². The van der Waals surface area contributed by atoms with Crippen LogP contribution in [0, 0.1) is 16.2 Å². The number of ether oxygens (including phenoxy) is 2. The molecule has 5 atom stereocenters. The van der Waals surface area contributed by atoms with Crippen molar-refractivity contribution in [2.45, 2.75) is 49.6 Å². The number of aliphatic hydroxyl groups excluding tert-OH is 3. The molecule has 4 unspecified atom stereocenters. The third-order valence-corrected chi connectivity index (χ3v) is 5.77. The molecule has 2 aliphatic rings. The second-order valence-corrected chi connectivity index (χ2v) is 7.65. The Morgan fingerprint density at radius 3 is 2.47 bits per heavy atom. The highest BCUT2D eigenvalue weighted by Crippen LogP contribution is 2.47. The van der Waals surface area contributed by atoms with Crippen molar-refractivity contribution in [2.75, 3.05) is 6.61 Å². The van der Waals surface area contributed by atoms with E-state index in [0.29, 0.717) is 18.4 Å². The molecule has 2 aromatic carbocycles. The predicted octanol–water partition coefficient (Wildman–Crippen LogP) is 1.27. The Morgan fingerprint density at radius 1 is 1.10 bits per heavy atom. The molecular weight excluding hydrogens is 388 g/mol. The Labute approximate surface area is 173 Å². The maximum Gasteiger partial charge on any atom is 0.225 e. The molecule has 0 aromatic heterocycles. The van der Waals surface area contributed by atoms with E-state index in [4.69, 9.17) is 14.7 Å². The Hall–Kier alpha value is -2.67. The van der Waals surface area contributed by atoms with E-state index >= 15 is 0 Å². The van der Waals surface area contributed by atoms with Crippen LogP contribution in [0.4, 0.5) is 0 Å². The first-order valence-corrected chi connectivity index (χ1v) is 9.70. The van der Waals surface area contributed by atoms with Gasteiger partial charge >= 0.3 is 0 Å². The van der Waals surface area contributed by atoms with E-state index < -0.39 is 36.7 Å². The monoisotopic (exact) mass is 410 g/mol. The summed E-state index contributed by atoms with van der Waals surface area (Å²) in [7, 11) is 0. The minimum atomic E-state index is -1.66. The van der Waals surface area contributed by atoms with Crippen molar-refractivity contribution < 1.29 is 24.8 Å². The van der Waals surface area contributed by atoms with Gasteiger partial charge in [-0.05, 0) is 34.7 Å². The van der Waals surface area contributed by atoms with Crippen LogP contribution < -0.4 is 0 Å². The van der Waals surface area contributed by atoms with Gasteiger partial charge in [0.15, 0.2) is 6.04 Å². The summed E-state index contributed by atoms with van der Waals surface area (Å²) in [6.07, 6.45) is -3.14. The quantitative estimate of drug-likeness (QED) is 0.633. The summed E-state index contributed by atoms with van der Waals surface area (Å²) in [6, 6.07) is 14.2. The average Bonchev–Trinajstić information content (AvgIpc) is 3.11. The zero-order chi connectivity index (χ0) is 21.3. The van der Waals surface area contributed by atoms with Gasteiger partial charge in [0, 0.05) is 5.56 Å². The van der Waals surface area contributed by atoms with Crippen LogP contribution in [0.15, 0.2) is 47.6 Å². The summed E-state index contributed by atoms with van der Waals surface area (Å²) in [5.41, 5.74) is 4.27. The van der Waals surface area contributed by atoms with Gasteiger partial charge in [-0.25, -0.2) is 0 Å². The Bertz CT molecular complexity index is 973. The first kappa shape index (κ1) is 20.6. The topological polar surface area (TPSA) is 132 Å². The molecule has 0 radical (unpaired) electrons. The third-order valence-electron chi connectivity index (χ3n) is 5.77. The number of nitriles is 1. The van der Waals surface area contributed by atoms with E-state index in [1.54, 1.807) is 0 Å². The van der Waals surface area contributed by atoms with Crippen molar-refractivity contribution in [2.24, 2.45) is 5.18 Å². The van der Waals surface area contributed by atoms with E-state index in [1.165, 1.54) is 0 Å². The van der Waals surface area contributed by atoms with Gasteiger partial charge in [-0.15, -0.1) is 0 Å². The third kappa shape index (κ3) is 3.41. The lowest BCUT2D eigenvalue weighted by atomic mass is 9.85. The minimum absolute atomic E-state index is 0.158. The fraction of sp³-hybridized carbons (Fsp3) is 0.409. The van der Waals surface area contributed by atoms with Crippen LogP contribution in [-0.4, -0.2) is 46.3 Å². The van der Waals surface area contributed by atoms with Crippen LogP contribution >= 0.6 is 0 Å². The smallest absolute Gasteiger partial charge is 0.225 e. The summed E-state index contributed by atoms with van der Waals surface area (Å²) >= 11 is 0. The van der Waals surface area contributed by atoms with Gasteiger partial charge in [0.1, 0.15) is 18.3 Å². The van der Waals surface area contributed by atoms with Crippen molar-refractivity contribution in [3.63, 3.8) is 0 Å². The zero-order valence-corrected chi connectivity index (χ0v) is 16.1. The molecule has 0 aliphatic carbocycles. The fourth-order valence-corrected chi connectivity index (χ4v) is 4.16. The molecule has 2 heterocycles. The highest BCUT2D eigenvalue weighted by molar-refractivity contribution is 5.41. The molecule has 2 aliphatic heterocycles. The van der Waals surface area contributed by atoms with E-state index in [2.05, 4.69) is 11.2 Å². The Balaban J connectivity index is 1.67. The molecule has 0 saturated carbocycles. The van der Waals surface area contributed by atoms with Crippen molar-refractivity contribution in [3.8, 4) is 6.07 Å². The second kappa shape index (κ2) is 8.22. The number of rotatable bonds is 5. The van der Waals surface area contributed by atoms with Gasteiger partial charge in [0.2, 0.25) is 5.79 Å². The number of hydrogen-bond donors (Lipinski definition) is 3. The molecule has 8 nitrogen and oxygen atoms in total. The lowest BCUT2D eigenvalue weighted by Crippen LogP contribution is -2.62. The Morgan fingerprint density at radius 2 is 1.80 bits per heavy atom. The average molecular weight is 410 g/mol. The second-order valence-electron chi connectivity index (χ2n) is 7.65. The van der Waals surface area contributed by atoms with Gasteiger partial charge < -0.3 is 24.8 Å². The SMILES string of the molecule is N#CCc1ccc(Cc2ccc3c(c2)[C@@]2(OC3)OC(CO)C(O)C(O)C2N=O)cc1. The van der Waals surface area contributed by atoms with Crippen LogP contribution in [0.3, 0.4) is 0 Å². The molecule has 1 spiro atoms. The summed E-state index contributed by atoms with van der Waals surface area (Å²) in [6.45, 7) is -0.384. The lowest BCUT2D eigenvalue weighted by molar-refractivity contribution is -0.335. The van der Waals surface area contributed by atoms with E-state index in [1.807, 2.05) is 42.5 Å². The number of hydrogen-bond acceptors (Lipinski definition) is 8. The number of nitrogens with zero attached hydrogens (tertiary/aromatic N) is 2. The Kier molecular flexibility index (Phi) is 5.64. The molecule has 4 rings (SSSR count). The van der Waals surface area contributed by atoms with Crippen LogP contribution in [0.5, 0.6) is 0 Å². The summed E-state index contributed by atoms with van der Waals surface area (Å²) in [4.78, 5) is 11.6. The van der Waals surface area contributed by atoms with Crippen LogP contribution in [0.2, 0.25) is 0 Å². The number of benzene rings is 2. The molecule has 8 heteroatoms. The van der Waals surface area contributed by atoms with E-state index in [-0.39, 0.29) is 6.61 Å². The van der Waals surface area contributed by atoms with Gasteiger partial charge in [-0.1, -0.05) is 41.6 Å². The molecule has 1 fully saturated rings. The summed E-state index contributed by atoms with van der Waals surface area (Å²) in [5.74, 6) is -1.66. The molecule has 156 valence electrons. The molecule has 30 heavy (non-hydrogen) atoms. The molecule has 2 aromatic rings. The summed E-state index contributed by atoms with van der Waals surface area (Å²) in [5, 5.41) is 41.9. The summed E-state index contributed by atoms with van der Waals surface area (Å²) < 4.78 is 11.7. The van der Waals surface area contributed by atoms with Crippen LogP contribution in [0.25, 0.3) is 0 Å². The van der Waals surface area contributed by atoms with E-state index in [0.717, 1.165) is 22.3 Å². The first-order valence-electron chi connectivity index (χ1n) is 9.70. The maximum absolute atomic E-state index is 11.6. The van der Waals surface area contributed by atoms with Gasteiger partial charge in [-0.3, -0.25) is 0 Å². The molecule has 3 N–H and O–H groups in total. The minimum Gasteiger partial charge on any atom is -0.394 e. The first-order chi connectivity index (χ1) is 14.5. The number of aliphatic hydroxyl groups is 3. The number of fused-ring (bicyclic) bond motifs is 2. The molecule has 0 bridgehead atoms. The zero-order valence-electron chi connectivity index (χ0n) is 16.1. The highest BCUT2D eigenvalue weighted by atomic mass is 16.7. The van der Waals surface area contributed by atoms with Crippen molar-refractivity contribution in [1.29, 1.82) is 5.26 Å². The molecule has 1 saturated heterocycles. The van der Waals surface area contributed by atoms with Gasteiger partial charge in [-0.2, -0.15) is 10.2 Å². The highest BCUT2D eigenvalue weighted by Gasteiger charge is 2.60. The fourth-order valence-electron chi connectivity index (χ4n) is 4.16. The van der Waals surface area contributed by atoms with Crippen molar-refractivity contribution in [3.05, 3.63) is 75.2 Å². The normalized spacial score (nSPS) is 30.1. The van der Waals surface area contributed by atoms with Gasteiger partial charge in [0.25, 0.3) is 0 Å². The maximum atomic E-state index is 11.6. The van der Waals surface area contributed by atoms with Crippen molar-refractivity contribution >= 4 is 0 Å².